The highest BCUT2D eigenvalue weighted by molar-refractivity contribution is 7.89. The monoisotopic (exact) mass is 573 g/mol. The van der Waals surface area contributed by atoms with Crippen LogP contribution in [0.1, 0.15) is 28.7 Å². The fraction of sp³-hybridized carbons (Fsp3) is 0.462. The molecule has 0 spiro atoms. The number of carbonyl (C=O) groups excluding carboxylic acids is 1. The van der Waals surface area contributed by atoms with Crippen molar-refractivity contribution in [3.63, 3.8) is 0 Å². The lowest BCUT2D eigenvalue weighted by Crippen LogP contribution is -2.47. The van der Waals surface area contributed by atoms with Gasteiger partial charge in [0.1, 0.15) is 5.75 Å². The third-order valence-corrected chi connectivity index (χ3v) is 8.18. The normalized spacial score (nSPS) is 14.0. The first-order valence-electron chi connectivity index (χ1n) is 12.2. The summed E-state index contributed by atoms with van der Waals surface area (Å²) in [6.07, 6.45) is -4.95. The molecule has 0 aromatic heterocycles. The number of aliphatic carboxylic acids is 1. The molecule has 1 amide bonds. The molecule has 2 N–H and O–H groups in total. The van der Waals surface area contributed by atoms with Gasteiger partial charge in [-0.2, -0.15) is 17.5 Å². The molecular weight excluding hydrogens is 539 g/mol. The Labute approximate surface area is 226 Å². The van der Waals surface area contributed by atoms with Crippen molar-refractivity contribution >= 4 is 21.9 Å². The first-order valence-corrected chi connectivity index (χ1v) is 13.6. The SMILES string of the molecule is COc1ccccc1CN(CCC(=O)N1CCNCC1)S(=O)(=O)c1c(C)cc(C)cc1C.O=C(O)C(F)(F)F. The molecule has 0 saturated carbocycles. The molecular formula is C26H34F3N3O6S. The molecule has 0 bridgehead atoms. The Bertz CT molecular complexity index is 1240. The van der Waals surface area contributed by atoms with Crippen LogP contribution in [0.15, 0.2) is 41.3 Å². The van der Waals surface area contributed by atoms with Gasteiger partial charge in [0.2, 0.25) is 15.9 Å². The van der Waals surface area contributed by atoms with E-state index in [9.17, 15) is 26.4 Å². The molecule has 216 valence electrons. The van der Waals surface area contributed by atoms with Crippen LogP contribution in [-0.2, 0) is 26.2 Å². The van der Waals surface area contributed by atoms with Crippen LogP contribution in [0.3, 0.4) is 0 Å². The summed E-state index contributed by atoms with van der Waals surface area (Å²) in [5.74, 6) is -2.16. The quantitative estimate of drug-likeness (QED) is 0.498. The van der Waals surface area contributed by atoms with E-state index in [-0.39, 0.29) is 25.4 Å². The van der Waals surface area contributed by atoms with Gasteiger partial charge in [0.05, 0.1) is 12.0 Å². The zero-order valence-electron chi connectivity index (χ0n) is 22.3. The van der Waals surface area contributed by atoms with Crippen molar-refractivity contribution < 1.29 is 41.0 Å². The summed E-state index contributed by atoms with van der Waals surface area (Å²) in [4.78, 5) is 23.8. The number of carboxylic acids is 1. The number of ether oxygens (including phenoxy) is 1. The standard InChI is InChI=1S/C24H33N3O4S.C2HF3O2/c1-18-15-19(2)24(20(3)16-18)32(29,30)27(17-21-7-5-6-8-22(21)31-4)12-9-23(28)26-13-10-25-11-14-26;3-2(4,5)1(6)7/h5-8,15-16,25H,9-14,17H2,1-4H3;(H,6,7). The minimum atomic E-state index is -5.08. The van der Waals surface area contributed by atoms with Crippen molar-refractivity contribution in [3.8, 4) is 5.75 Å². The van der Waals surface area contributed by atoms with Crippen LogP contribution in [0.25, 0.3) is 0 Å². The topological polar surface area (TPSA) is 116 Å². The summed E-state index contributed by atoms with van der Waals surface area (Å²) in [6.45, 7) is 8.65. The fourth-order valence-corrected chi connectivity index (χ4v) is 6.13. The molecule has 1 heterocycles. The van der Waals surface area contributed by atoms with E-state index in [4.69, 9.17) is 14.6 Å². The molecule has 1 saturated heterocycles. The van der Waals surface area contributed by atoms with Gasteiger partial charge in [-0.15, -0.1) is 0 Å². The Morgan fingerprint density at radius 3 is 2.13 bits per heavy atom. The van der Waals surface area contributed by atoms with E-state index < -0.39 is 22.2 Å². The van der Waals surface area contributed by atoms with Crippen molar-refractivity contribution in [1.29, 1.82) is 0 Å². The zero-order valence-corrected chi connectivity index (χ0v) is 23.2. The molecule has 13 heteroatoms. The van der Waals surface area contributed by atoms with E-state index in [1.165, 1.54) is 4.31 Å². The first-order chi connectivity index (χ1) is 18.2. The second-order valence-corrected chi connectivity index (χ2v) is 10.9. The van der Waals surface area contributed by atoms with Gasteiger partial charge in [-0.25, -0.2) is 13.2 Å². The number of nitrogens with zero attached hydrogens (tertiary/aromatic N) is 2. The maximum absolute atomic E-state index is 13.8. The lowest BCUT2D eigenvalue weighted by molar-refractivity contribution is -0.192. The molecule has 1 fully saturated rings. The predicted octanol–water partition coefficient (Wildman–Crippen LogP) is 3.27. The van der Waals surface area contributed by atoms with Gasteiger partial charge in [0.25, 0.3) is 0 Å². The number of nitrogens with one attached hydrogen (secondary N) is 1. The number of carboxylic acid groups (broad SMARTS) is 1. The van der Waals surface area contributed by atoms with Crippen LogP contribution in [0.5, 0.6) is 5.75 Å². The third kappa shape index (κ3) is 8.94. The number of amides is 1. The first kappa shape index (κ1) is 32.1. The predicted molar refractivity (Wildman–Crippen MR) is 139 cm³/mol. The van der Waals surface area contributed by atoms with Crippen LogP contribution in [0, 0.1) is 20.8 Å². The average molecular weight is 574 g/mol. The van der Waals surface area contributed by atoms with Gasteiger partial charge >= 0.3 is 12.1 Å². The van der Waals surface area contributed by atoms with Gasteiger partial charge < -0.3 is 20.1 Å². The summed E-state index contributed by atoms with van der Waals surface area (Å²) < 4.78 is 66.3. The van der Waals surface area contributed by atoms with E-state index in [1.807, 2.05) is 57.2 Å². The van der Waals surface area contributed by atoms with Crippen LogP contribution in [-0.4, -0.2) is 80.6 Å². The van der Waals surface area contributed by atoms with Crippen LogP contribution < -0.4 is 10.1 Å². The summed E-state index contributed by atoms with van der Waals surface area (Å²) in [5.41, 5.74) is 3.20. The van der Waals surface area contributed by atoms with Gasteiger partial charge in [-0.1, -0.05) is 35.9 Å². The summed E-state index contributed by atoms with van der Waals surface area (Å²) in [6, 6.07) is 11.1. The van der Waals surface area contributed by atoms with E-state index in [0.29, 0.717) is 34.9 Å². The Hall–Kier alpha value is -3.16. The van der Waals surface area contributed by atoms with Crippen molar-refractivity contribution in [3.05, 3.63) is 58.7 Å². The number of para-hydroxylation sites is 1. The zero-order chi connectivity index (χ0) is 29.4. The fourth-order valence-electron chi connectivity index (χ4n) is 4.30. The Morgan fingerprint density at radius 1 is 1.08 bits per heavy atom. The average Bonchev–Trinajstić information content (AvgIpc) is 2.86. The molecule has 1 aliphatic rings. The minimum absolute atomic E-state index is 0.0240. The number of methoxy groups -OCH3 is 1. The lowest BCUT2D eigenvalue weighted by Gasteiger charge is -2.29. The smallest absolute Gasteiger partial charge is 0.490 e. The van der Waals surface area contributed by atoms with E-state index >= 15 is 0 Å². The highest BCUT2D eigenvalue weighted by Gasteiger charge is 2.38. The molecule has 2 aromatic carbocycles. The van der Waals surface area contributed by atoms with Crippen LogP contribution in [0.2, 0.25) is 0 Å². The molecule has 3 rings (SSSR count). The number of hydrogen-bond donors (Lipinski definition) is 2. The number of piperazine rings is 1. The van der Waals surface area contributed by atoms with E-state index in [1.54, 1.807) is 12.0 Å². The molecule has 9 nitrogen and oxygen atoms in total. The number of hydrogen-bond acceptors (Lipinski definition) is 6. The minimum Gasteiger partial charge on any atom is -0.496 e. The second-order valence-electron chi connectivity index (χ2n) is 9.06. The Balaban J connectivity index is 0.000000673. The van der Waals surface area contributed by atoms with Crippen molar-refractivity contribution in [2.24, 2.45) is 0 Å². The molecule has 0 unspecified atom stereocenters. The number of halogens is 3. The number of carbonyl (C=O) groups is 2. The lowest BCUT2D eigenvalue weighted by atomic mass is 10.1. The van der Waals surface area contributed by atoms with E-state index in [0.717, 1.165) is 24.2 Å². The number of aryl methyl sites for hydroxylation is 3. The van der Waals surface area contributed by atoms with Crippen LogP contribution >= 0.6 is 0 Å². The maximum Gasteiger partial charge on any atom is 0.490 e. The number of rotatable bonds is 8. The summed E-state index contributed by atoms with van der Waals surface area (Å²) in [5, 5.41) is 10.4. The Morgan fingerprint density at radius 2 is 1.62 bits per heavy atom. The highest BCUT2D eigenvalue weighted by Crippen LogP contribution is 2.28. The van der Waals surface area contributed by atoms with Gasteiger partial charge in [0.15, 0.2) is 0 Å². The summed E-state index contributed by atoms with van der Waals surface area (Å²) >= 11 is 0. The van der Waals surface area contributed by atoms with E-state index in [2.05, 4.69) is 5.32 Å². The van der Waals surface area contributed by atoms with Crippen molar-refractivity contribution in [1.82, 2.24) is 14.5 Å². The van der Waals surface area contributed by atoms with Crippen molar-refractivity contribution in [2.45, 2.75) is 44.8 Å². The Kier molecular flexibility index (Phi) is 11.3. The van der Waals surface area contributed by atoms with Crippen LogP contribution in [0.4, 0.5) is 13.2 Å². The number of alkyl halides is 3. The molecule has 1 aliphatic heterocycles. The second kappa shape index (κ2) is 13.8. The molecule has 2 aromatic rings. The highest BCUT2D eigenvalue weighted by atomic mass is 32.2. The molecule has 0 radical (unpaired) electrons. The van der Waals surface area contributed by atoms with Crippen molar-refractivity contribution in [2.75, 3.05) is 39.8 Å². The number of sulfonamides is 1. The van der Waals surface area contributed by atoms with Gasteiger partial charge in [-0.3, -0.25) is 4.79 Å². The number of benzene rings is 2. The van der Waals surface area contributed by atoms with Gasteiger partial charge in [0, 0.05) is 51.3 Å². The molecule has 0 aliphatic carbocycles. The molecule has 0 atom stereocenters. The maximum atomic E-state index is 13.8. The third-order valence-electron chi connectivity index (χ3n) is 6.03. The summed E-state index contributed by atoms with van der Waals surface area (Å²) in [7, 11) is -2.26. The largest absolute Gasteiger partial charge is 0.496 e. The van der Waals surface area contributed by atoms with Gasteiger partial charge in [-0.05, 0) is 38.0 Å². The molecule has 39 heavy (non-hydrogen) atoms.